The lowest BCUT2D eigenvalue weighted by Crippen LogP contribution is -2.61. The van der Waals surface area contributed by atoms with Gasteiger partial charge in [-0.25, -0.2) is 9.59 Å². The Balaban J connectivity index is 1.54. The number of benzene rings is 1. The first kappa shape index (κ1) is 17.3. The van der Waals surface area contributed by atoms with Crippen LogP contribution in [0.5, 0.6) is 0 Å². The fourth-order valence-electron chi connectivity index (χ4n) is 2.59. The Morgan fingerprint density at radius 3 is 2.61 bits per heavy atom. The van der Waals surface area contributed by atoms with E-state index in [2.05, 4.69) is 17.4 Å². The molecule has 5 heteroatoms. The first-order valence-electron chi connectivity index (χ1n) is 8.25. The lowest BCUT2D eigenvalue weighted by Gasteiger charge is -2.37. The number of alkyl carbamates (subject to hydrolysis) is 1. The zero-order chi connectivity index (χ0) is 16.7. The van der Waals surface area contributed by atoms with Gasteiger partial charge in [0.05, 0.1) is 6.61 Å². The molecule has 1 unspecified atom stereocenters. The number of carbonyl (C=O) groups is 2. The van der Waals surface area contributed by atoms with Gasteiger partial charge in [-0.05, 0) is 37.2 Å². The molecule has 2 atom stereocenters. The van der Waals surface area contributed by atoms with E-state index in [9.17, 15) is 9.59 Å². The lowest BCUT2D eigenvalue weighted by atomic mass is 9.95. The van der Waals surface area contributed by atoms with Crippen LogP contribution in [0.1, 0.15) is 38.7 Å². The highest BCUT2D eigenvalue weighted by atomic mass is 16.6. The van der Waals surface area contributed by atoms with Crippen molar-refractivity contribution < 1.29 is 19.1 Å². The molecule has 1 N–H and O–H groups in total. The fraction of sp³-hybridized carbons (Fsp3) is 0.556. The fourth-order valence-corrected chi connectivity index (χ4v) is 2.59. The zero-order valence-corrected chi connectivity index (χ0v) is 13.8. The van der Waals surface area contributed by atoms with Crippen LogP contribution in [0.25, 0.3) is 0 Å². The predicted octanol–water partition coefficient (Wildman–Crippen LogP) is 3.08. The van der Waals surface area contributed by atoms with Crippen molar-refractivity contribution in [3.05, 3.63) is 35.9 Å². The number of nitrogens with one attached hydrogen (secondary N) is 1. The van der Waals surface area contributed by atoms with Crippen molar-refractivity contribution in [1.82, 2.24) is 5.32 Å². The van der Waals surface area contributed by atoms with Gasteiger partial charge in [-0.2, -0.15) is 0 Å². The Morgan fingerprint density at radius 1 is 1.22 bits per heavy atom. The molecule has 0 aliphatic carbocycles. The maximum Gasteiger partial charge on any atom is 0.407 e. The van der Waals surface area contributed by atoms with Crippen LogP contribution < -0.4 is 5.32 Å². The summed E-state index contributed by atoms with van der Waals surface area (Å²) in [4.78, 5) is 23.0. The SMILES string of the molecule is CC(C)[C@H]1OC(=O)C1NC(=O)OCCCCCc1ccccc1. The van der Waals surface area contributed by atoms with Crippen molar-refractivity contribution in [3.63, 3.8) is 0 Å². The lowest BCUT2D eigenvalue weighted by molar-refractivity contribution is -0.181. The van der Waals surface area contributed by atoms with Crippen molar-refractivity contribution in [2.45, 2.75) is 51.7 Å². The van der Waals surface area contributed by atoms with Crippen LogP contribution in [0.2, 0.25) is 0 Å². The largest absolute Gasteiger partial charge is 0.458 e. The number of carbonyl (C=O) groups excluding carboxylic acids is 2. The van der Waals surface area contributed by atoms with E-state index >= 15 is 0 Å². The van der Waals surface area contributed by atoms with Gasteiger partial charge in [0.15, 0.2) is 6.04 Å². The van der Waals surface area contributed by atoms with E-state index in [1.807, 2.05) is 32.0 Å². The molecule has 1 fully saturated rings. The minimum Gasteiger partial charge on any atom is -0.458 e. The van der Waals surface area contributed by atoms with E-state index in [0.717, 1.165) is 25.7 Å². The molecule has 2 rings (SSSR count). The van der Waals surface area contributed by atoms with Crippen LogP contribution in [-0.2, 0) is 20.7 Å². The van der Waals surface area contributed by atoms with E-state index in [1.165, 1.54) is 5.56 Å². The number of rotatable bonds is 8. The summed E-state index contributed by atoms with van der Waals surface area (Å²) in [7, 11) is 0. The molecule has 5 nitrogen and oxygen atoms in total. The molecular weight excluding hydrogens is 294 g/mol. The second kappa shape index (κ2) is 8.56. The van der Waals surface area contributed by atoms with Gasteiger partial charge in [-0.3, -0.25) is 0 Å². The van der Waals surface area contributed by atoms with Crippen LogP contribution in [0, 0.1) is 5.92 Å². The van der Waals surface area contributed by atoms with E-state index in [4.69, 9.17) is 9.47 Å². The van der Waals surface area contributed by atoms with Crippen LogP contribution >= 0.6 is 0 Å². The second-order valence-electron chi connectivity index (χ2n) is 6.20. The van der Waals surface area contributed by atoms with Crippen molar-refractivity contribution in [2.75, 3.05) is 6.61 Å². The number of amides is 1. The number of cyclic esters (lactones) is 1. The third-order valence-electron chi connectivity index (χ3n) is 3.95. The Morgan fingerprint density at radius 2 is 1.96 bits per heavy atom. The van der Waals surface area contributed by atoms with Gasteiger partial charge in [0.25, 0.3) is 0 Å². The van der Waals surface area contributed by atoms with Gasteiger partial charge in [0.1, 0.15) is 6.10 Å². The molecule has 0 aromatic heterocycles. The van der Waals surface area contributed by atoms with Crippen LogP contribution in [-0.4, -0.2) is 30.8 Å². The number of aryl methyl sites for hydroxylation is 1. The standard InChI is InChI=1S/C18H25NO4/c1-13(2)16-15(17(20)23-16)19-18(21)22-12-8-4-7-11-14-9-5-3-6-10-14/h3,5-6,9-10,13,15-16H,4,7-8,11-12H2,1-2H3,(H,19,21)/t15?,16-/m1/s1. The number of hydrogen-bond donors (Lipinski definition) is 1. The molecule has 23 heavy (non-hydrogen) atoms. The highest BCUT2D eigenvalue weighted by molar-refractivity contribution is 5.86. The van der Waals surface area contributed by atoms with E-state index < -0.39 is 12.1 Å². The van der Waals surface area contributed by atoms with Crippen molar-refractivity contribution >= 4 is 12.1 Å². The number of esters is 1. The highest BCUT2D eigenvalue weighted by Crippen LogP contribution is 2.22. The molecule has 1 amide bonds. The second-order valence-corrected chi connectivity index (χ2v) is 6.20. The van der Waals surface area contributed by atoms with Gasteiger partial charge in [-0.15, -0.1) is 0 Å². The summed E-state index contributed by atoms with van der Waals surface area (Å²) in [6.45, 7) is 4.27. The Kier molecular flexibility index (Phi) is 6.44. The normalized spacial score (nSPS) is 19.9. The van der Waals surface area contributed by atoms with E-state index in [1.54, 1.807) is 0 Å². The number of hydrogen-bond acceptors (Lipinski definition) is 4. The molecule has 0 radical (unpaired) electrons. The monoisotopic (exact) mass is 319 g/mol. The molecule has 0 bridgehead atoms. The zero-order valence-electron chi connectivity index (χ0n) is 13.8. The minimum atomic E-state index is -0.569. The quantitative estimate of drug-likeness (QED) is 0.591. The summed E-state index contributed by atoms with van der Waals surface area (Å²) in [6, 6.07) is 9.76. The Labute approximate surface area is 137 Å². The highest BCUT2D eigenvalue weighted by Gasteiger charge is 2.45. The van der Waals surface area contributed by atoms with E-state index in [0.29, 0.717) is 6.61 Å². The molecular formula is C18H25NO4. The maximum absolute atomic E-state index is 11.7. The van der Waals surface area contributed by atoms with Gasteiger partial charge >= 0.3 is 12.1 Å². The first-order valence-corrected chi connectivity index (χ1v) is 8.25. The molecule has 0 saturated carbocycles. The molecule has 1 aliphatic rings. The summed E-state index contributed by atoms with van der Waals surface area (Å²) in [5.74, 6) is -0.209. The van der Waals surface area contributed by atoms with Crippen LogP contribution in [0.3, 0.4) is 0 Å². The molecule has 1 aromatic carbocycles. The summed E-state index contributed by atoms with van der Waals surface area (Å²) in [6.07, 6.45) is 3.14. The molecule has 1 aliphatic heterocycles. The Hall–Kier alpha value is -2.04. The summed E-state index contributed by atoms with van der Waals surface area (Å²) >= 11 is 0. The summed E-state index contributed by atoms with van der Waals surface area (Å²) in [5, 5.41) is 2.58. The third kappa shape index (κ3) is 5.27. The van der Waals surface area contributed by atoms with E-state index in [-0.39, 0.29) is 18.0 Å². The molecule has 126 valence electrons. The third-order valence-corrected chi connectivity index (χ3v) is 3.95. The molecule has 1 aromatic rings. The van der Waals surface area contributed by atoms with Crippen molar-refractivity contribution in [2.24, 2.45) is 5.92 Å². The van der Waals surface area contributed by atoms with Gasteiger partial charge in [-0.1, -0.05) is 44.2 Å². The smallest absolute Gasteiger partial charge is 0.407 e. The van der Waals surface area contributed by atoms with Gasteiger partial charge in [0.2, 0.25) is 0 Å². The number of unbranched alkanes of at least 4 members (excludes halogenated alkanes) is 2. The van der Waals surface area contributed by atoms with Crippen molar-refractivity contribution in [3.8, 4) is 0 Å². The van der Waals surface area contributed by atoms with Gasteiger partial charge in [0, 0.05) is 0 Å². The first-order chi connectivity index (χ1) is 11.1. The maximum atomic E-state index is 11.7. The van der Waals surface area contributed by atoms with Crippen LogP contribution in [0.4, 0.5) is 4.79 Å². The van der Waals surface area contributed by atoms with Gasteiger partial charge < -0.3 is 14.8 Å². The van der Waals surface area contributed by atoms with Crippen molar-refractivity contribution in [1.29, 1.82) is 0 Å². The topological polar surface area (TPSA) is 64.6 Å². The molecule has 1 saturated heterocycles. The van der Waals surface area contributed by atoms with Crippen LogP contribution in [0.15, 0.2) is 30.3 Å². The summed E-state index contributed by atoms with van der Waals surface area (Å²) in [5.41, 5.74) is 1.33. The molecule has 1 heterocycles. The molecule has 0 spiro atoms. The number of ether oxygens (including phenoxy) is 2. The Bertz CT molecular complexity index is 515. The predicted molar refractivity (Wildman–Crippen MR) is 87.0 cm³/mol. The minimum absolute atomic E-state index is 0.177. The average molecular weight is 319 g/mol. The average Bonchev–Trinajstić information content (AvgIpc) is 2.54. The summed E-state index contributed by atoms with van der Waals surface area (Å²) < 4.78 is 10.1.